The highest BCUT2D eigenvalue weighted by molar-refractivity contribution is 5.89. The largest absolute Gasteiger partial charge is 0.480 e. The molecule has 0 aliphatic carbocycles. The average molecular weight is 236 g/mol. The molecule has 0 saturated carbocycles. The van der Waals surface area contributed by atoms with Crippen molar-refractivity contribution >= 4 is 16.9 Å². The van der Waals surface area contributed by atoms with Crippen LogP contribution in [-0.2, 0) is 11.3 Å². The number of hydrogen-bond acceptors (Lipinski definition) is 2. The molecule has 5 heteroatoms. The van der Waals surface area contributed by atoms with Crippen LogP contribution < -0.4 is 5.73 Å². The van der Waals surface area contributed by atoms with Crippen LogP contribution >= 0.6 is 0 Å². The van der Waals surface area contributed by atoms with Crippen molar-refractivity contribution in [1.82, 2.24) is 4.57 Å². The Morgan fingerprint density at radius 2 is 2.29 bits per heavy atom. The Balaban J connectivity index is 2.70. The molecule has 0 bridgehead atoms. The number of aromatic nitrogens is 1. The molecule has 1 aromatic heterocycles. The number of halogens is 1. The highest BCUT2D eigenvalue weighted by atomic mass is 19.1. The lowest BCUT2D eigenvalue weighted by Crippen LogP contribution is -2.20. The molecular formula is C12H13FN2O2. The summed E-state index contributed by atoms with van der Waals surface area (Å²) in [6.07, 6.45) is 1.67. The fourth-order valence-corrected chi connectivity index (χ4v) is 1.94. The van der Waals surface area contributed by atoms with Crippen molar-refractivity contribution < 1.29 is 14.3 Å². The van der Waals surface area contributed by atoms with Crippen molar-refractivity contribution in [3.63, 3.8) is 0 Å². The van der Waals surface area contributed by atoms with Gasteiger partial charge >= 0.3 is 5.97 Å². The van der Waals surface area contributed by atoms with Gasteiger partial charge in [-0.1, -0.05) is 0 Å². The van der Waals surface area contributed by atoms with Gasteiger partial charge < -0.3 is 15.4 Å². The van der Waals surface area contributed by atoms with E-state index in [-0.39, 0.29) is 0 Å². The second-order valence-corrected chi connectivity index (χ2v) is 3.85. The first-order valence-electron chi connectivity index (χ1n) is 5.31. The summed E-state index contributed by atoms with van der Waals surface area (Å²) in [5.74, 6) is -1.52. The molecule has 2 aromatic rings. The van der Waals surface area contributed by atoms with Crippen molar-refractivity contribution in [2.24, 2.45) is 5.73 Å². The third-order valence-corrected chi connectivity index (χ3v) is 2.82. The predicted molar refractivity (Wildman–Crippen MR) is 62.1 cm³/mol. The summed E-state index contributed by atoms with van der Waals surface area (Å²) >= 11 is 0. The molecule has 4 nitrogen and oxygen atoms in total. The number of benzene rings is 1. The minimum Gasteiger partial charge on any atom is -0.480 e. The molecule has 0 aliphatic heterocycles. The zero-order valence-corrected chi connectivity index (χ0v) is 9.35. The first-order valence-corrected chi connectivity index (χ1v) is 5.31. The Bertz CT molecular complexity index is 577. The second-order valence-electron chi connectivity index (χ2n) is 3.85. The fraction of sp³-hybridized carbons (Fsp3) is 0.250. The normalized spacial score (nSPS) is 12.9. The molecule has 0 amide bonds. The zero-order chi connectivity index (χ0) is 12.6. The summed E-state index contributed by atoms with van der Waals surface area (Å²) < 4.78 is 15.1. The van der Waals surface area contributed by atoms with Crippen molar-refractivity contribution in [2.45, 2.75) is 19.5 Å². The molecule has 90 valence electrons. The molecule has 1 heterocycles. The number of fused-ring (bicyclic) bond motifs is 1. The van der Waals surface area contributed by atoms with Gasteiger partial charge in [0.25, 0.3) is 0 Å². The molecule has 0 aliphatic rings. The Kier molecular flexibility index (Phi) is 2.85. The lowest BCUT2D eigenvalue weighted by molar-refractivity contribution is -0.138. The molecule has 1 unspecified atom stereocenters. The van der Waals surface area contributed by atoms with Crippen molar-refractivity contribution in [1.29, 1.82) is 0 Å². The fourth-order valence-electron chi connectivity index (χ4n) is 1.94. The standard InChI is InChI=1S/C12H13FN2O2/c1-2-15-6-9(11(14)12(16)17)8-5-7(13)3-4-10(8)15/h3-6,11H,2,14H2,1H3,(H,16,17). The van der Waals surface area contributed by atoms with E-state index in [0.29, 0.717) is 17.5 Å². The Morgan fingerprint density at radius 3 is 2.88 bits per heavy atom. The Labute approximate surface area is 97.5 Å². The van der Waals surface area contributed by atoms with E-state index >= 15 is 0 Å². The number of carboxylic acid groups (broad SMARTS) is 1. The van der Waals surface area contributed by atoms with Crippen LogP contribution in [0.25, 0.3) is 10.9 Å². The van der Waals surface area contributed by atoms with Crippen molar-refractivity contribution in [3.8, 4) is 0 Å². The summed E-state index contributed by atoms with van der Waals surface area (Å²) in [5.41, 5.74) is 6.82. The summed E-state index contributed by atoms with van der Waals surface area (Å²) in [6, 6.07) is 3.17. The minimum absolute atomic E-state index is 0.398. The van der Waals surface area contributed by atoms with Gasteiger partial charge in [0, 0.05) is 29.2 Å². The van der Waals surface area contributed by atoms with Gasteiger partial charge in [0.15, 0.2) is 0 Å². The number of nitrogens with two attached hydrogens (primary N) is 1. The third-order valence-electron chi connectivity index (χ3n) is 2.82. The Morgan fingerprint density at radius 1 is 1.59 bits per heavy atom. The van der Waals surface area contributed by atoms with E-state index in [1.165, 1.54) is 12.1 Å². The van der Waals surface area contributed by atoms with Crippen molar-refractivity contribution in [2.75, 3.05) is 0 Å². The van der Waals surface area contributed by atoms with E-state index in [0.717, 1.165) is 5.52 Å². The van der Waals surface area contributed by atoms with Gasteiger partial charge in [0.1, 0.15) is 11.9 Å². The number of aryl methyl sites for hydroxylation is 1. The number of nitrogens with zero attached hydrogens (tertiary/aromatic N) is 1. The van der Waals surface area contributed by atoms with Gasteiger partial charge in [0.2, 0.25) is 0 Å². The van der Waals surface area contributed by atoms with Crippen LogP contribution in [0.3, 0.4) is 0 Å². The molecule has 2 rings (SSSR count). The van der Waals surface area contributed by atoms with Gasteiger partial charge in [-0.3, -0.25) is 4.79 Å². The molecule has 17 heavy (non-hydrogen) atoms. The van der Waals surface area contributed by atoms with Crippen LogP contribution in [0.15, 0.2) is 24.4 Å². The average Bonchev–Trinajstić information content (AvgIpc) is 2.65. The van der Waals surface area contributed by atoms with Crippen molar-refractivity contribution in [3.05, 3.63) is 35.8 Å². The monoisotopic (exact) mass is 236 g/mol. The quantitative estimate of drug-likeness (QED) is 0.855. The zero-order valence-electron chi connectivity index (χ0n) is 9.35. The SMILES string of the molecule is CCn1cc(C(N)C(=O)O)c2cc(F)ccc21. The highest BCUT2D eigenvalue weighted by Crippen LogP contribution is 2.26. The van der Waals surface area contributed by atoms with Crippen LogP contribution in [0.1, 0.15) is 18.5 Å². The minimum atomic E-state index is -1.13. The number of rotatable bonds is 3. The van der Waals surface area contributed by atoms with Gasteiger partial charge in [-0.2, -0.15) is 0 Å². The maximum Gasteiger partial charge on any atom is 0.325 e. The molecule has 0 spiro atoms. The number of carbonyl (C=O) groups is 1. The van der Waals surface area contributed by atoms with E-state index in [4.69, 9.17) is 10.8 Å². The second kappa shape index (κ2) is 4.18. The number of aliphatic carboxylic acids is 1. The van der Waals surface area contributed by atoms with Gasteiger partial charge in [-0.25, -0.2) is 4.39 Å². The van der Waals surface area contributed by atoms with E-state index in [1.54, 1.807) is 12.3 Å². The van der Waals surface area contributed by atoms with E-state index in [1.807, 2.05) is 11.5 Å². The smallest absolute Gasteiger partial charge is 0.325 e. The molecule has 0 saturated heterocycles. The van der Waals surface area contributed by atoms with Crippen LogP contribution in [0.2, 0.25) is 0 Å². The Hall–Kier alpha value is -1.88. The van der Waals surface area contributed by atoms with Crippen LogP contribution in [-0.4, -0.2) is 15.6 Å². The molecule has 3 N–H and O–H groups in total. The maximum absolute atomic E-state index is 13.2. The predicted octanol–water partition coefficient (Wildman–Crippen LogP) is 1.88. The van der Waals surface area contributed by atoms with Crippen LogP contribution in [0, 0.1) is 5.82 Å². The molecule has 1 atom stereocenters. The topological polar surface area (TPSA) is 68.2 Å². The summed E-state index contributed by atoms with van der Waals surface area (Å²) in [6.45, 7) is 2.60. The lowest BCUT2D eigenvalue weighted by atomic mass is 10.1. The van der Waals surface area contributed by atoms with Gasteiger partial charge in [-0.05, 0) is 25.1 Å². The molecule has 0 fully saturated rings. The first-order chi connectivity index (χ1) is 8.04. The first kappa shape index (κ1) is 11.6. The summed E-state index contributed by atoms with van der Waals surface area (Å²) in [4.78, 5) is 10.9. The third kappa shape index (κ3) is 1.89. The van der Waals surface area contributed by atoms with E-state index in [2.05, 4.69) is 0 Å². The summed E-state index contributed by atoms with van der Waals surface area (Å²) in [5, 5.41) is 9.48. The van der Waals surface area contributed by atoms with Crippen LogP contribution in [0.4, 0.5) is 4.39 Å². The highest BCUT2D eigenvalue weighted by Gasteiger charge is 2.20. The molecule has 1 aromatic carbocycles. The van der Waals surface area contributed by atoms with E-state index in [9.17, 15) is 9.18 Å². The maximum atomic E-state index is 13.2. The molecular weight excluding hydrogens is 223 g/mol. The molecule has 0 radical (unpaired) electrons. The number of carboxylic acids is 1. The van der Waals surface area contributed by atoms with E-state index < -0.39 is 17.8 Å². The number of hydrogen-bond donors (Lipinski definition) is 2. The van der Waals surface area contributed by atoms with Gasteiger partial charge in [-0.15, -0.1) is 0 Å². The summed E-state index contributed by atoms with van der Waals surface area (Å²) in [7, 11) is 0. The van der Waals surface area contributed by atoms with Crippen LogP contribution in [0.5, 0.6) is 0 Å². The van der Waals surface area contributed by atoms with Gasteiger partial charge in [0.05, 0.1) is 0 Å². The lowest BCUT2D eigenvalue weighted by Gasteiger charge is -2.03.